The van der Waals surface area contributed by atoms with Gasteiger partial charge in [-0.25, -0.2) is 4.98 Å². The molecule has 4 rings (SSSR count). The molecule has 0 aliphatic heterocycles. The second-order valence-corrected chi connectivity index (χ2v) is 6.27. The van der Waals surface area contributed by atoms with E-state index in [4.69, 9.17) is 9.26 Å². The highest BCUT2D eigenvalue weighted by Gasteiger charge is 2.27. The summed E-state index contributed by atoms with van der Waals surface area (Å²) in [5.74, 6) is 1.25. The second kappa shape index (κ2) is 7.03. The number of nitrogens with zero attached hydrogens (tertiary/aromatic N) is 3. The van der Waals surface area contributed by atoms with Crippen molar-refractivity contribution < 1.29 is 14.1 Å². The molecule has 0 saturated carbocycles. The van der Waals surface area contributed by atoms with Crippen LogP contribution in [-0.4, -0.2) is 34.3 Å². The molecule has 1 aliphatic rings. The van der Waals surface area contributed by atoms with Gasteiger partial charge in [0.05, 0.1) is 13.4 Å². The lowest BCUT2D eigenvalue weighted by Gasteiger charge is -2.15. The molecule has 7 nitrogen and oxygen atoms in total. The normalized spacial score (nSPS) is 12.3. The SMILES string of the molecule is COc1ccc2c(c1)-c1onc(C(=O)NCCCn3ccnc3)c1CC2. The van der Waals surface area contributed by atoms with Crippen LogP contribution in [-0.2, 0) is 19.4 Å². The summed E-state index contributed by atoms with van der Waals surface area (Å²) < 4.78 is 12.8. The third-order valence-corrected chi connectivity index (χ3v) is 4.65. The molecule has 26 heavy (non-hydrogen) atoms. The topological polar surface area (TPSA) is 82.2 Å². The number of carbonyl (C=O) groups excluding carboxylic acids is 1. The van der Waals surface area contributed by atoms with Crippen molar-refractivity contribution in [3.05, 3.63) is 53.7 Å². The molecule has 0 spiro atoms. The number of ether oxygens (including phenoxy) is 1. The predicted molar refractivity (Wildman–Crippen MR) is 95.1 cm³/mol. The minimum Gasteiger partial charge on any atom is -0.497 e. The Bertz CT molecular complexity index is 915. The number of imidazole rings is 1. The lowest BCUT2D eigenvalue weighted by Crippen LogP contribution is -2.26. The van der Waals surface area contributed by atoms with E-state index in [-0.39, 0.29) is 5.91 Å². The van der Waals surface area contributed by atoms with Crippen molar-refractivity contribution in [2.75, 3.05) is 13.7 Å². The fourth-order valence-electron chi connectivity index (χ4n) is 3.27. The van der Waals surface area contributed by atoms with E-state index in [0.717, 1.165) is 42.7 Å². The van der Waals surface area contributed by atoms with Gasteiger partial charge in [0.25, 0.3) is 5.91 Å². The maximum absolute atomic E-state index is 12.5. The Morgan fingerprint density at radius 2 is 2.31 bits per heavy atom. The van der Waals surface area contributed by atoms with Gasteiger partial charge in [-0.2, -0.15) is 0 Å². The van der Waals surface area contributed by atoms with E-state index in [1.807, 2.05) is 29.0 Å². The summed E-state index contributed by atoms with van der Waals surface area (Å²) in [6.45, 7) is 1.38. The van der Waals surface area contributed by atoms with E-state index in [1.54, 1.807) is 19.6 Å². The van der Waals surface area contributed by atoms with Crippen LogP contribution in [0.15, 0.2) is 41.4 Å². The highest BCUT2D eigenvalue weighted by Crippen LogP contribution is 2.37. The van der Waals surface area contributed by atoms with Gasteiger partial charge in [0, 0.05) is 36.6 Å². The number of hydrogen-bond donors (Lipinski definition) is 1. The number of nitrogens with one attached hydrogen (secondary N) is 1. The second-order valence-electron chi connectivity index (χ2n) is 6.27. The molecule has 0 fully saturated rings. The quantitative estimate of drug-likeness (QED) is 0.689. The zero-order valence-corrected chi connectivity index (χ0v) is 14.6. The van der Waals surface area contributed by atoms with Crippen molar-refractivity contribution in [3.8, 4) is 17.1 Å². The van der Waals surface area contributed by atoms with Crippen molar-refractivity contribution in [1.82, 2.24) is 20.0 Å². The van der Waals surface area contributed by atoms with Gasteiger partial charge in [0.1, 0.15) is 5.75 Å². The highest BCUT2D eigenvalue weighted by molar-refractivity contribution is 5.95. The number of fused-ring (bicyclic) bond motifs is 3. The van der Waals surface area contributed by atoms with E-state index in [0.29, 0.717) is 18.0 Å². The molecule has 0 saturated heterocycles. The van der Waals surface area contributed by atoms with Crippen molar-refractivity contribution >= 4 is 5.91 Å². The van der Waals surface area contributed by atoms with Gasteiger partial charge >= 0.3 is 0 Å². The molecular weight excluding hydrogens is 332 g/mol. The monoisotopic (exact) mass is 352 g/mol. The van der Waals surface area contributed by atoms with E-state index in [2.05, 4.69) is 15.5 Å². The van der Waals surface area contributed by atoms with Gasteiger partial charge in [-0.15, -0.1) is 0 Å². The van der Waals surface area contributed by atoms with Crippen LogP contribution in [0.5, 0.6) is 5.75 Å². The van der Waals surface area contributed by atoms with Crippen LogP contribution in [0.1, 0.15) is 28.0 Å². The number of benzene rings is 1. The molecular formula is C19H20N4O3. The van der Waals surface area contributed by atoms with Crippen LogP contribution in [0.25, 0.3) is 11.3 Å². The van der Waals surface area contributed by atoms with E-state index in [9.17, 15) is 4.79 Å². The highest BCUT2D eigenvalue weighted by atomic mass is 16.5. The Morgan fingerprint density at radius 3 is 3.12 bits per heavy atom. The van der Waals surface area contributed by atoms with Gasteiger partial charge in [-0.1, -0.05) is 11.2 Å². The Balaban J connectivity index is 1.45. The van der Waals surface area contributed by atoms with Crippen molar-refractivity contribution in [2.24, 2.45) is 0 Å². The summed E-state index contributed by atoms with van der Waals surface area (Å²) in [5.41, 5.74) is 3.40. The van der Waals surface area contributed by atoms with Crippen LogP contribution in [0.2, 0.25) is 0 Å². The van der Waals surface area contributed by atoms with Gasteiger partial charge in [0.2, 0.25) is 0 Å². The van der Waals surface area contributed by atoms with Crippen LogP contribution >= 0.6 is 0 Å². The van der Waals surface area contributed by atoms with Crippen molar-refractivity contribution in [2.45, 2.75) is 25.8 Å². The summed E-state index contributed by atoms with van der Waals surface area (Å²) >= 11 is 0. The van der Waals surface area contributed by atoms with E-state index in [1.165, 1.54) is 5.56 Å². The molecule has 0 atom stereocenters. The van der Waals surface area contributed by atoms with Gasteiger partial charge in [0.15, 0.2) is 11.5 Å². The van der Waals surface area contributed by atoms with Crippen LogP contribution < -0.4 is 10.1 Å². The number of carbonyl (C=O) groups is 1. The molecule has 2 aromatic heterocycles. The lowest BCUT2D eigenvalue weighted by molar-refractivity contribution is 0.0943. The maximum Gasteiger partial charge on any atom is 0.273 e. The maximum atomic E-state index is 12.5. The zero-order chi connectivity index (χ0) is 17.9. The van der Waals surface area contributed by atoms with Gasteiger partial charge in [-0.3, -0.25) is 4.79 Å². The van der Waals surface area contributed by atoms with Crippen LogP contribution in [0.3, 0.4) is 0 Å². The first-order valence-corrected chi connectivity index (χ1v) is 8.66. The zero-order valence-electron chi connectivity index (χ0n) is 14.6. The number of methoxy groups -OCH3 is 1. The average molecular weight is 352 g/mol. The summed E-state index contributed by atoms with van der Waals surface area (Å²) in [6, 6.07) is 5.91. The Labute approximate surface area is 151 Å². The van der Waals surface area contributed by atoms with E-state index < -0.39 is 0 Å². The molecule has 1 aromatic carbocycles. The van der Waals surface area contributed by atoms with Crippen LogP contribution in [0.4, 0.5) is 0 Å². The first-order valence-electron chi connectivity index (χ1n) is 8.66. The molecule has 0 radical (unpaired) electrons. The molecule has 2 heterocycles. The Kier molecular flexibility index (Phi) is 4.43. The minimum atomic E-state index is -0.188. The Morgan fingerprint density at radius 1 is 1.38 bits per heavy atom. The fourth-order valence-corrected chi connectivity index (χ4v) is 3.27. The smallest absolute Gasteiger partial charge is 0.273 e. The molecule has 1 aliphatic carbocycles. The predicted octanol–water partition coefficient (Wildman–Crippen LogP) is 2.47. The van der Waals surface area contributed by atoms with Gasteiger partial charge in [-0.05, 0) is 37.0 Å². The molecule has 0 unspecified atom stereocenters. The first-order chi connectivity index (χ1) is 12.8. The number of rotatable bonds is 6. The fraction of sp³-hybridized carbons (Fsp3) is 0.316. The lowest BCUT2D eigenvalue weighted by atomic mass is 9.89. The van der Waals surface area contributed by atoms with Crippen molar-refractivity contribution in [3.63, 3.8) is 0 Å². The number of amides is 1. The largest absolute Gasteiger partial charge is 0.497 e. The summed E-state index contributed by atoms with van der Waals surface area (Å²) in [7, 11) is 1.63. The first kappa shape index (κ1) is 16.4. The standard InChI is InChI=1S/C19H20N4O3/c1-25-14-5-3-13-4-6-15-17(22-26-18(15)16(13)11-14)19(24)21-7-2-9-23-10-8-20-12-23/h3,5,8,10-12H,2,4,6-7,9H2,1H3,(H,21,24). The molecule has 3 aromatic rings. The third kappa shape index (κ3) is 3.08. The number of aryl methyl sites for hydroxylation is 2. The summed E-state index contributed by atoms with van der Waals surface area (Å²) in [6.07, 6.45) is 7.84. The molecule has 0 bridgehead atoms. The number of aromatic nitrogens is 3. The van der Waals surface area contributed by atoms with Gasteiger partial charge < -0.3 is 19.1 Å². The average Bonchev–Trinajstić information content (AvgIpc) is 3.34. The molecule has 134 valence electrons. The summed E-state index contributed by atoms with van der Waals surface area (Å²) in [4.78, 5) is 16.5. The molecule has 7 heteroatoms. The minimum absolute atomic E-state index is 0.188. The Hall–Kier alpha value is -3.09. The van der Waals surface area contributed by atoms with Crippen molar-refractivity contribution in [1.29, 1.82) is 0 Å². The molecule has 1 N–H and O–H groups in total. The van der Waals surface area contributed by atoms with Crippen LogP contribution in [0, 0.1) is 0 Å². The third-order valence-electron chi connectivity index (χ3n) is 4.65. The summed E-state index contributed by atoms with van der Waals surface area (Å²) in [5, 5.41) is 6.96. The number of hydrogen-bond acceptors (Lipinski definition) is 5. The van der Waals surface area contributed by atoms with E-state index >= 15 is 0 Å². The molecule has 1 amide bonds.